The monoisotopic (exact) mass is 204 g/mol. The predicted octanol–water partition coefficient (Wildman–Crippen LogP) is 1.45. The molecule has 3 nitrogen and oxygen atoms in total. The Labute approximate surface area is 91.1 Å². The zero-order valence-corrected chi connectivity index (χ0v) is 9.74. The molecule has 4 heteroatoms. The van der Waals surface area contributed by atoms with E-state index in [0.717, 1.165) is 5.46 Å². The summed E-state index contributed by atoms with van der Waals surface area (Å²) in [7, 11) is 0. The third kappa shape index (κ3) is 1.44. The topological polar surface area (TPSA) is 48.1 Å². The molecule has 1 fully saturated rings. The quantitative estimate of drug-likeness (QED) is 0.704. The molecule has 0 spiro atoms. The minimum absolute atomic E-state index is 0.0704. The summed E-state index contributed by atoms with van der Waals surface area (Å²) in [6.45, 7) is 8.80. The molecule has 0 bridgehead atoms. The predicted molar refractivity (Wildman–Crippen MR) is 63.2 cm³/mol. The fraction of sp³-hybridized carbons (Fsp3) is 0.545. The summed E-state index contributed by atoms with van der Waals surface area (Å²) >= 11 is 0. The average molecular weight is 204 g/mol. The van der Waals surface area contributed by atoms with E-state index in [1.807, 2.05) is 12.1 Å². The van der Waals surface area contributed by atoms with E-state index < -0.39 is 0 Å². The number of pyridine rings is 1. The summed E-state index contributed by atoms with van der Waals surface area (Å²) in [4.78, 5) is 4.09. The molecule has 0 aromatic carbocycles. The van der Waals surface area contributed by atoms with Crippen molar-refractivity contribution in [3.63, 3.8) is 0 Å². The lowest BCUT2D eigenvalue weighted by Gasteiger charge is -2.56. The van der Waals surface area contributed by atoms with Crippen molar-refractivity contribution in [2.75, 3.05) is 5.73 Å². The zero-order chi connectivity index (χ0) is 11.3. The molecule has 0 unspecified atom stereocenters. The van der Waals surface area contributed by atoms with Crippen molar-refractivity contribution >= 4 is 18.2 Å². The highest BCUT2D eigenvalue weighted by atomic mass is 16.5. The SMILES string of the molecule is CC1(C)OB(c2ccc(N)nc2)C1(C)C. The molecule has 2 heterocycles. The van der Waals surface area contributed by atoms with Crippen LogP contribution in [0, 0.1) is 0 Å². The highest BCUT2D eigenvalue weighted by Gasteiger charge is 2.59. The Balaban J connectivity index is 2.25. The van der Waals surface area contributed by atoms with Gasteiger partial charge in [-0.05, 0) is 25.4 Å². The first kappa shape index (κ1) is 10.5. The van der Waals surface area contributed by atoms with Gasteiger partial charge in [-0.15, -0.1) is 0 Å². The molecule has 80 valence electrons. The van der Waals surface area contributed by atoms with E-state index in [1.165, 1.54) is 0 Å². The lowest BCUT2D eigenvalue weighted by molar-refractivity contribution is -0.00941. The first-order valence-corrected chi connectivity index (χ1v) is 5.24. The number of nitrogens with zero attached hydrogens (tertiary/aromatic N) is 1. The minimum Gasteiger partial charge on any atom is -0.425 e. The van der Waals surface area contributed by atoms with E-state index in [-0.39, 0.29) is 17.8 Å². The molecule has 0 atom stereocenters. The van der Waals surface area contributed by atoms with Crippen LogP contribution < -0.4 is 11.2 Å². The molecule has 2 rings (SSSR count). The van der Waals surface area contributed by atoms with Crippen molar-refractivity contribution in [3.8, 4) is 0 Å². The van der Waals surface area contributed by atoms with Crippen LogP contribution in [0.5, 0.6) is 0 Å². The van der Waals surface area contributed by atoms with E-state index in [4.69, 9.17) is 10.4 Å². The van der Waals surface area contributed by atoms with Crippen LogP contribution in [0.2, 0.25) is 5.31 Å². The van der Waals surface area contributed by atoms with Crippen LogP contribution >= 0.6 is 0 Å². The van der Waals surface area contributed by atoms with E-state index in [0.29, 0.717) is 5.82 Å². The number of anilines is 1. The van der Waals surface area contributed by atoms with Crippen LogP contribution in [0.3, 0.4) is 0 Å². The van der Waals surface area contributed by atoms with Crippen LogP contribution in [0.4, 0.5) is 5.82 Å². The summed E-state index contributed by atoms with van der Waals surface area (Å²) in [5, 5.41) is 0.130. The van der Waals surface area contributed by atoms with Gasteiger partial charge in [-0.25, -0.2) is 4.98 Å². The third-order valence-corrected chi connectivity index (χ3v) is 3.73. The van der Waals surface area contributed by atoms with Gasteiger partial charge < -0.3 is 10.4 Å². The van der Waals surface area contributed by atoms with Gasteiger partial charge in [0.2, 0.25) is 0 Å². The average Bonchev–Trinajstić information content (AvgIpc) is 2.16. The summed E-state index contributed by atoms with van der Waals surface area (Å²) in [5.74, 6) is 0.551. The van der Waals surface area contributed by atoms with Crippen LogP contribution in [-0.2, 0) is 4.65 Å². The van der Waals surface area contributed by atoms with Crippen molar-refractivity contribution in [1.29, 1.82) is 0 Å². The fourth-order valence-corrected chi connectivity index (χ4v) is 1.91. The number of hydrogen-bond donors (Lipinski definition) is 1. The van der Waals surface area contributed by atoms with Crippen LogP contribution in [-0.4, -0.2) is 17.5 Å². The highest BCUT2D eigenvalue weighted by molar-refractivity contribution is 6.73. The summed E-state index contributed by atoms with van der Waals surface area (Å²) < 4.78 is 5.89. The first-order chi connectivity index (χ1) is 6.84. The van der Waals surface area contributed by atoms with Crippen molar-refractivity contribution < 1.29 is 4.65 Å². The summed E-state index contributed by atoms with van der Waals surface area (Å²) in [5.41, 5.74) is 6.59. The summed E-state index contributed by atoms with van der Waals surface area (Å²) in [6, 6.07) is 3.81. The molecule has 2 N–H and O–H groups in total. The number of hydrogen-bond acceptors (Lipinski definition) is 3. The number of aromatic nitrogens is 1. The molecule has 1 saturated heterocycles. The maximum atomic E-state index is 5.89. The normalized spacial score (nSPS) is 22.3. The second-order valence-corrected chi connectivity index (χ2v) is 5.25. The molecule has 0 aliphatic carbocycles. The molecule has 0 saturated carbocycles. The van der Waals surface area contributed by atoms with Crippen LogP contribution in [0.1, 0.15) is 27.7 Å². The Morgan fingerprint density at radius 3 is 2.33 bits per heavy atom. The molecule has 0 amide bonds. The Bertz CT molecular complexity index is 373. The van der Waals surface area contributed by atoms with Gasteiger partial charge in [-0.2, -0.15) is 0 Å². The van der Waals surface area contributed by atoms with E-state index in [9.17, 15) is 0 Å². The largest absolute Gasteiger partial charge is 0.425 e. The molecule has 15 heavy (non-hydrogen) atoms. The Morgan fingerprint density at radius 2 is 1.93 bits per heavy atom. The van der Waals surface area contributed by atoms with Gasteiger partial charge in [-0.3, -0.25) is 0 Å². The second-order valence-electron chi connectivity index (χ2n) is 5.25. The fourth-order valence-electron chi connectivity index (χ4n) is 1.91. The van der Waals surface area contributed by atoms with Gasteiger partial charge >= 0.3 is 6.92 Å². The summed E-state index contributed by atoms with van der Waals surface area (Å²) in [6.07, 6.45) is 1.80. The van der Waals surface area contributed by atoms with Crippen molar-refractivity contribution in [1.82, 2.24) is 4.98 Å². The number of nitrogen functional groups attached to an aromatic ring is 1. The van der Waals surface area contributed by atoms with Gasteiger partial charge in [0.1, 0.15) is 5.82 Å². The first-order valence-electron chi connectivity index (χ1n) is 5.24. The highest BCUT2D eigenvalue weighted by Crippen LogP contribution is 2.52. The van der Waals surface area contributed by atoms with E-state index >= 15 is 0 Å². The lowest BCUT2D eigenvalue weighted by Crippen LogP contribution is -2.66. The second kappa shape index (κ2) is 2.98. The van der Waals surface area contributed by atoms with Gasteiger partial charge in [0.05, 0.1) is 0 Å². The van der Waals surface area contributed by atoms with Crippen molar-refractivity contribution in [2.45, 2.75) is 38.6 Å². The van der Waals surface area contributed by atoms with Crippen LogP contribution in [0.15, 0.2) is 18.3 Å². The van der Waals surface area contributed by atoms with E-state index in [2.05, 4.69) is 32.7 Å². The molecule has 1 aromatic rings. The molecule has 1 aromatic heterocycles. The maximum absolute atomic E-state index is 5.89. The number of nitrogens with two attached hydrogens (primary N) is 1. The van der Waals surface area contributed by atoms with Gasteiger partial charge in [0.25, 0.3) is 0 Å². The minimum atomic E-state index is -0.0704. The maximum Gasteiger partial charge on any atom is 0.337 e. The Hall–Kier alpha value is -1.03. The molecule has 0 radical (unpaired) electrons. The van der Waals surface area contributed by atoms with Gasteiger partial charge in [0, 0.05) is 17.1 Å². The standard InChI is InChI=1S/C11H17BN2O/c1-10(2)11(3,4)15-12(10)8-5-6-9(13)14-7-8/h5-7H,1-4H3,(H2,13,14). The van der Waals surface area contributed by atoms with Crippen molar-refractivity contribution in [2.24, 2.45) is 0 Å². The molecule has 1 aliphatic heterocycles. The smallest absolute Gasteiger partial charge is 0.337 e. The Kier molecular flexibility index (Phi) is 2.09. The van der Waals surface area contributed by atoms with E-state index in [1.54, 1.807) is 6.20 Å². The lowest BCUT2D eigenvalue weighted by atomic mass is 9.33. The Morgan fingerprint density at radius 1 is 1.27 bits per heavy atom. The van der Waals surface area contributed by atoms with Crippen molar-refractivity contribution in [3.05, 3.63) is 18.3 Å². The third-order valence-electron chi connectivity index (χ3n) is 3.73. The van der Waals surface area contributed by atoms with Crippen LogP contribution in [0.25, 0.3) is 0 Å². The molecule has 1 aliphatic rings. The number of rotatable bonds is 1. The molecular formula is C11H17BN2O. The molecular weight excluding hydrogens is 187 g/mol. The zero-order valence-electron chi connectivity index (χ0n) is 9.74. The van der Waals surface area contributed by atoms with Gasteiger partial charge in [-0.1, -0.05) is 19.9 Å². The van der Waals surface area contributed by atoms with Gasteiger partial charge in [0.15, 0.2) is 0 Å².